The van der Waals surface area contributed by atoms with E-state index in [2.05, 4.69) is 24.1 Å². The minimum absolute atomic E-state index is 0.0721. The second kappa shape index (κ2) is 11.0. The van der Waals surface area contributed by atoms with Gasteiger partial charge in [-0.05, 0) is 62.0 Å². The maximum Gasteiger partial charge on any atom is 0.294 e. The van der Waals surface area contributed by atoms with Crippen molar-refractivity contribution in [3.05, 3.63) is 64.9 Å². The zero-order valence-electron chi connectivity index (χ0n) is 17.9. The lowest BCUT2D eigenvalue weighted by Gasteiger charge is -2.30. The summed E-state index contributed by atoms with van der Waals surface area (Å²) < 4.78 is 5.84. The fourth-order valence-electron chi connectivity index (χ4n) is 3.44. The number of ether oxygens (including phenoxy) is 1. The van der Waals surface area contributed by atoms with Crippen molar-refractivity contribution in [2.24, 2.45) is 0 Å². The normalized spacial score (nSPS) is 14.5. The molecule has 1 aliphatic heterocycles. The van der Waals surface area contributed by atoms with Crippen LogP contribution in [0.15, 0.2) is 54.3 Å². The molecule has 0 saturated heterocycles. The van der Waals surface area contributed by atoms with Crippen LogP contribution in [0.1, 0.15) is 25.8 Å². The molecule has 31 heavy (non-hydrogen) atoms. The molecule has 0 radical (unpaired) electrons. The molecule has 0 aliphatic carbocycles. The number of hydrogen-bond donors (Lipinski definition) is 1. The zero-order chi connectivity index (χ0) is 22.2. The van der Waals surface area contributed by atoms with E-state index in [-0.39, 0.29) is 24.1 Å². The van der Waals surface area contributed by atoms with Crippen molar-refractivity contribution in [3.63, 3.8) is 0 Å². The zero-order valence-corrected chi connectivity index (χ0v) is 18.7. The first kappa shape index (κ1) is 22.8. The monoisotopic (exact) mass is 441 g/mol. The van der Waals surface area contributed by atoms with Crippen LogP contribution < -0.4 is 15.0 Å². The summed E-state index contributed by atoms with van der Waals surface area (Å²) in [6.07, 6.45) is 2.50. The molecule has 0 atom stereocenters. The number of halogens is 1. The van der Waals surface area contributed by atoms with E-state index in [0.29, 0.717) is 23.0 Å². The maximum atomic E-state index is 13.1. The lowest BCUT2D eigenvalue weighted by atomic mass is 10.1. The highest BCUT2D eigenvalue weighted by Crippen LogP contribution is 2.35. The molecule has 2 amide bonds. The van der Waals surface area contributed by atoms with Crippen molar-refractivity contribution in [2.75, 3.05) is 37.6 Å². The summed E-state index contributed by atoms with van der Waals surface area (Å²) in [5.74, 6) is 0.115. The largest absolute Gasteiger partial charge is 0.449 e. The van der Waals surface area contributed by atoms with Gasteiger partial charge in [-0.25, -0.2) is 0 Å². The number of anilines is 1. The first-order valence-corrected chi connectivity index (χ1v) is 10.9. The topological polar surface area (TPSA) is 61.9 Å². The van der Waals surface area contributed by atoms with E-state index in [1.54, 1.807) is 36.4 Å². The SMILES string of the molecule is CCN(CC)CCCNC(=O)CN1C(=O)C(=Cc2cccc(Cl)c2)Oc2ccccc21. The van der Waals surface area contributed by atoms with E-state index in [1.807, 2.05) is 18.2 Å². The van der Waals surface area contributed by atoms with Crippen LogP contribution in [0.4, 0.5) is 5.69 Å². The van der Waals surface area contributed by atoms with Crippen LogP contribution in [0.3, 0.4) is 0 Å². The summed E-state index contributed by atoms with van der Waals surface area (Å²) in [7, 11) is 0. The molecule has 0 saturated carbocycles. The molecular weight excluding hydrogens is 414 g/mol. The molecule has 0 spiro atoms. The van der Waals surface area contributed by atoms with Gasteiger partial charge in [0.1, 0.15) is 6.54 Å². The molecule has 0 unspecified atom stereocenters. The Morgan fingerprint density at radius 3 is 2.68 bits per heavy atom. The van der Waals surface area contributed by atoms with Gasteiger partial charge in [0, 0.05) is 11.6 Å². The Balaban J connectivity index is 1.71. The Bertz CT molecular complexity index is 957. The summed E-state index contributed by atoms with van der Waals surface area (Å²) in [6, 6.07) is 14.4. The van der Waals surface area contributed by atoms with E-state index >= 15 is 0 Å². The van der Waals surface area contributed by atoms with Gasteiger partial charge >= 0.3 is 0 Å². The van der Waals surface area contributed by atoms with Gasteiger partial charge in [0.25, 0.3) is 5.91 Å². The molecule has 1 aliphatic rings. The highest BCUT2D eigenvalue weighted by Gasteiger charge is 2.31. The molecule has 3 rings (SSSR count). The highest BCUT2D eigenvalue weighted by molar-refractivity contribution is 6.30. The van der Waals surface area contributed by atoms with Gasteiger partial charge in [0.2, 0.25) is 5.91 Å². The van der Waals surface area contributed by atoms with Crippen LogP contribution in [0.2, 0.25) is 5.02 Å². The van der Waals surface area contributed by atoms with Crippen LogP contribution in [-0.4, -0.2) is 49.4 Å². The van der Waals surface area contributed by atoms with E-state index < -0.39 is 0 Å². The molecule has 6 nitrogen and oxygen atoms in total. The number of hydrogen-bond acceptors (Lipinski definition) is 4. The molecule has 7 heteroatoms. The summed E-state index contributed by atoms with van der Waals surface area (Å²) in [5, 5.41) is 3.49. The van der Waals surface area contributed by atoms with Crippen molar-refractivity contribution in [2.45, 2.75) is 20.3 Å². The summed E-state index contributed by atoms with van der Waals surface area (Å²) in [4.78, 5) is 29.4. The molecule has 2 aromatic rings. The van der Waals surface area contributed by atoms with E-state index in [0.717, 1.165) is 31.6 Å². The maximum absolute atomic E-state index is 13.1. The lowest BCUT2D eigenvalue weighted by Crippen LogP contribution is -2.44. The van der Waals surface area contributed by atoms with Gasteiger partial charge in [-0.2, -0.15) is 0 Å². The lowest BCUT2D eigenvalue weighted by molar-refractivity contribution is -0.123. The summed E-state index contributed by atoms with van der Waals surface area (Å²) in [6.45, 7) is 7.66. The standard InChI is InChI=1S/C24H28ClN3O3/c1-3-27(4-2)14-8-13-26-23(29)17-28-20-11-5-6-12-21(20)31-22(24(28)30)16-18-9-7-10-19(25)15-18/h5-7,9-12,15-16H,3-4,8,13-14,17H2,1-2H3,(H,26,29). The van der Waals surface area contributed by atoms with E-state index in [1.165, 1.54) is 4.90 Å². The number of para-hydroxylation sites is 2. The Hall–Kier alpha value is -2.83. The average Bonchev–Trinajstić information content (AvgIpc) is 2.77. The average molecular weight is 442 g/mol. The van der Waals surface area contributed by atoms with Gasteiger partial charge < -0.3 is 15.0 Å². The second-order valence-electron chi connectivity index (χ2n) is 7.26. The van der Waals surface area contributed by atoms with Crippen LogP contribution in [-0.2, 0) is 9.59 Å². The van der Waals surface area contributed by atoms with Gasteiger partial charge in [-0.15, -0.1) is 0 Å². The third-order valence-electron chi connectivity index (χ3n) is 5.15. The third-order valence-corrected chi connectivity index (χ3v) is 5.38. The number of nitrogens with one attached hydrogen (secondary N) is 1. The van der Waals surface area contributed by atoms with Crippen LogP contribution in [0, 0.1) is 0 Å². The predicted octanol–water partition coefficient (Wildman–Crippen LogP) is 3.95. The molecule has 0 fully saturated rings. The smallest absolute Gasteiger partial charge is 0.294 e. The molecule has 164 valence electrons. The van der Waals surface area contributed by atoms with Crippen LogP contribution >= 0.6 is 11.6 Å². The molecule has 0 aromatic heterocycles. The van der Waals surface area contributed by atoms with Crippen molar-refractivity contribution < 1.29 is 14.3 Å². The number of rotatable bonds is 9. The molecule has 2 aromatic carbocycles. The Labute approximate surface area is 188 Å². The minimum Gasteiger partial charge on any atom is -0.449 e. The van der Waals surface area contributed by atoms with Crippen molar-refractivity contribution in [1.82, 2.24) is 10.2 Å². The van der Waals surface area contributed by atoms with Crippen molar-refractivity contribution >= 4 is 35.2 Å². The van der Waals surface area contributed by atoms with Crippen molar-refractivity contribution in [3.8, 4) is 5.75 Å². The predicted molar refractivity (Wildman–Crippen MR) is 124 cm³/mol. The van der Waals surface area contributed by atoms with Gasteiger partial charge in [-0.1, -0.05) is 49.7 Å². The Morgan fingerprint density at radius 2 is 1.94 bits per heavy atom. The summed E-state index contributed by atoms with van der Waals surface area (Å²) in [5.41, 5.74) is 1.32. The van der Waals surface area contributed by atoms with Crippen molar-refractivity contribution in [1.29, 1.82) is 0 Å². The van der Waals surface area contributed by atoms with Crippen LogP contribution in [0.25, 0.3) is 6.08 Å². The first-order valence-electron chi connectivity index (χ1n) is 10.6. The number of amides is 2. The van der Waals surface area contributed by atoms with Gasteiger partial charge in [0.15, 0.2) is 11.5 Å². The number of fused-ring (bicyclic) bond motifs is 1. The fourth-order valence-corrected chi connectivity index (χ4v) is 3.64. The van der Waals surface area contributed by atoms with Gasteiger partial charge in [0.05, 0.1) is 5.69 Å². The number of benzene rings is 2. The van der Waals surface area contributed by atoms with Gasteiger partial charge in [-0.3, -0.25) is 14.5 Å². The fraction of sp³-hybridized carbons (Fsp3) is 0.333. The molecule has 0 bridgehead atoms. The van der Waals surface area contributed by atoms with E-state index in [4.69, 9.17) is 16.3 Å². The highest BCUT2D eigenvalue weighted by atomic mass is 35.5. The van der Waals surface area contributed by atoms with Crippen LogP contribution in [0.5, 0.6) is 5.75 Å². The quantitative estimate of drug-likeness (QED) is 0.472. The molecule has 1 N–H and O–H groups in total. The second-order valence-corrected chi connectivity index (χ2v) is 7.69. The number of carbonyl (C=O) groups excluding carboxylic acids is 2. The molecular formula is C24H28ClN3O3. The molecule has 1 heterocycles. The number of nitrogens with zero attached hydrogens (tertiary/aromatic N) is 2. The minimum atomic E-state index is -0.364. The van der Waals surface area contributed by atoms with E-state index in [9.17, 15) is 9.59 Å². The number of carbonyl (C=O) groups is 2. The Kier molecular flexibility index (Phi) is 8.09. The third kappa shape index (κ3) is 6.09. The Morgan fingerprint density at radius 1 is 1.16 bits per heavy atom. The first-order chi connectivity index (χ1) is 15.0. The summed E-state index contributed by atoms with van der Waals surface area (Å²) >= 11 is 6.05.